The standard InChI is InChI=1S/C15H17Br2NS/c1-3-7-18-14(11-6-4-5-10(2)8-11)12-9-13(16)19-15(12)17/h4-6,8-9,14,18H,3,7H2,1-2H3. The van der Waals surface area contributed by atoms with E-state index in [2.05, 4.69) is 81.4 Å². The SMILES string of the molecule is CCCNC(c1cccc(C)c1)c1cc(Br)sc1Br. The van der Waals surface area contributed by atoms with Crippen LogP contribution in [0.3, 0.4) is 0 Å². The number of aryl methyl sites for hydroxylation is 1. The third-order valence-electron chi connectivity index (χ3n) is 2.97. The lowest BCUT2D eigenvalue weighted by Gasteiger charge is -2.19. The van der Waals surface area contributed by atoms with Gasteiger partial charge in [0, 0.05) is 0 Å². The summed E-state index contributed by atoms with van der Waals surface area (Å²) in [6, 6.07) is 11.2. The molecule has 1 aromatic heterocycles. The summed E-state index contributed by atoms with van der Waals surface area (Å²) in [4.78, 5) is 0. The van der Waals surface area contributed by atoms with Crippen LogP contribution >= 0.6 is 43.2 Å². The topological polar surface area (TPSA) is 12.0 Å². The van der Waals surface area contributed by atoms with Crippen molar-refractivity contribution >= 4 is 43.2 Å². The fraction of sp³-hybridized carbons (Fsp3) is 0.333. The average Bonchev–Trinajstić information content (AvgIpc) is 2.69. The van der Waals surface area contributed by atoms with E-state index in [-0.39, 0.29) is 6.04 Å². The molecular weight excluding hydrogens is 386 g/mol. The predicted molar refractivity (Wildman–Crippen MR) is 91.0 cm³/mol. The highest BCUT2D eigenvalue weighted by molar-refractivity contribution is 9.12. The molecule has 1 aromatic carbocycles. The van der Waals surface area contributed by atoms with Crippen LogP contribution in [0.5, 0.6) is 0 Å². The molecule has 4 heteroatoms. The maximum atomic E-state index is 3.67. The molecule has 0 radical (unpaired) electrons. The number of nitrogens with one attached hydrogen (secondary N) is 1. The van der Waals surface area contributed by atoms with E-state index in [1.54, 1.807) is 11.3 Å². The van der Waals surface area contributed by atoms with Crippen LogP contribution in [-0.4, -0.2) is 6.54 Å². The van der Waals surface area contributed by atoms with Crippen molar-refractivity contribution in [1.82, 2.24) is 5.32 Å². The van der Waals surface area contributed by atoms with Gasteiger partial charge in [-0.15, -0.1) is 11.3 Å². The lowest BCUT2D eigenvalue weighted by molar-refractivity contribution is 0.598. The van der Waals surface area contributed by atoms with Gasteiger partial charge in [-0.1, -0.05) is 36.8 Å². The van der Waals surface area contributed by atoms with E-state index >= 15 is 0 Å². The van der Waals surface area contributed by atoms with Gasteiger partial charge in [0.1, 0.15) is 0 Å². The van der Waals surface area contributed by atoms with Crippen molar-refractivity contribution in [3.63, 3.8) is 0 Å². The predicted octanol–water partition coefficient (Wildman–Crippen LogP) is 5.67. The van der Waals surface area contributed by atoms with E-state index in [9.17, 15) is 0 Å². The summed E-state index contributed by atoms with van der Waals surface area (Å²) in [5.74, 6) is 0. The van der Waals surface area contributed by atoms with Gasteiger partial charge in [-0.05, 0) is 68.9 Å². The minimum absolute atomic E-state index is 0.247. The molecule has 0 bridgehead atoms. The van der Waals surface area contributed by atoms with Crippen LogP contribution in [0.25, 0.3) is 0 Å². The van der Waals surface area contributed by atoms with E-state index in [0.717, 1.165) is 16.8 Å². The molecule has 0 spiro atoms. The van der Waals surface area contributed by atoms with E-state index < -0.39 is 0 Å². The second kappa shape index (κ2) is 7.02. The molecule has 0 fully saturated rings. The summed E-state index contributed by atoms with van der Waals surface area (Å²) in [6.45, 7) is 5.34. The second-order valence-electron chi connectivity index (χ2n) is 4.58. The number of halogens is 2. The summed E-state index contributed by atoms with van der Waals surface area (Å²) in [6.07, 6.45) is 1.13. The van der Waals surface area contributed by atoms with E-state index in [1.807, 2.05) is 0 Å². The van der Waals surface area contributed by atoms with Crippen molar-refractivity contribution in [2.75, 3.05) is 6.54 Å². The minimum Gasteiger partial charge on any atom is -0.306 e. The van der Waals surface area contributed by atoms with Crippen LogP contribution in [0.15, 0.2) is 37.9 Å². The normalized spacial score (nSPS) is 12.6. The molecule has 0 aliphatic rings. The first-order valence-corrected chi connectivity index (χ1v) is 8.76. The summed E-state index contributed by atoms with van der Waals surface area (Å²) < 4.78 is 2.35. The number of thiophene rings is 1. The molecule has 1 atom stereocenters. The Balaban J connectivity index is 2.38. The molecule has 102 valence electrons. The van der Waals surface area contributed by atoms with Gasteiger partial charge < -0.3 is 5.32 Å². The quantitative estimate of drug-likeness (QED) is 0.679. The number of hydrogen-bond donors (Lipinski definition) is 1. The van der Waals surface area contributed by atoms with E-state index in [1.165, 1.54) is 20.5 Å². The monoisotopic (exact) mass is 401 g/mol. The molecule has 19 heavy (non-hydrogen) atoms. The molecular formula is C15H17Br2NS. The van der Waals surface area contributed by atoms with Crippen molar-refractivity contribution in [3.05, 3.63) is 54.6 Å². The maximum absolute atomic E-state index is 3.67. The van der Waals surface area contributed by atoms with Crippen LogP contribution in [-0.2, 0) is 0 Å². The van der Waals surface area contributed by atoms with Gasteiger partial charge >= 0.3 is 0 Å². The van der Waals surface area contributed by atoms with Gasteiger partial charge in [-0.25, -0.2) is 0 Å². The summed E-state index contributed by atoms with van der Waals surface area (Å²) in [7, 11) is 0. The number of rotatable bonds is 5. The minimum atomic E-state index is 0.247. The molecule has 0 amide bonds. The van der Waals surface area contributed by atoms with Crippen molar-refractivity contribution in [3.8, 4) is 0 Å². The first kappa shape index (κ1) is 15.2. The number of hydrogen-bond acceptors (Lipinski definition) is 2. The maximum Gasteiger partial charge on any atom is 0.0761 e. The number of benzene rings is 1. The molecule has 1 nitrogen and oxygen atoms in total. The molecule has 2 aromatic rings. The summed E-state index contributed by atoms with van der Waals surface area (Å²) in [5.41, 5.74) is 3.92. The van der Waals surface area contributed by atoms with Gasteiger partial charge in [0.25, 0.3) is 0 Å². The van der Waals surface area contributed by atoms with E-state index in [0.29, 0.717) is 0 Å². The largest absolute Gasteiger partial charge is 0.306 e. The lowest BCUT2D eigenvalue weighted by atomic mass is 9.99. The molecule has 0 aliphatic heterocycles. The van der Waals surface area contributed by atoms with Gasteiger partial charge in [-0.3, -0.25) is 0 Å². The second-order valence-corrected chi connectivity index (χ2v) is 8.33. The Labute approximate surface area is 135 Å². The highest BCUT2D eigenvalue weighted by atomic mass is 79.9. The highest BCUT2D eigenvalue weighted by Gasteiger charge is 2.18. The van der Waals surface area contributed by atoms with Crippen molar-refractivity contribution in [2.45, 2.75) is 26.3 Å². The van der Waals surface area contributed by atoms with Crippen molar-refractivity contribution < 1.29 is 0 Å². The van der Waals surface area contributed by atoms with Crippen LogP contribution < -0.4 is 5.32 Å². The molecule has 0 saturated heterocycles. The molecule has 0 saturated carbocycles. The fourth-order valence-corrected chi connectivity index (χ4v) is 5.00. The van der Waals surface area contributed by atoms with Gasteiger partial charge in [0.05, 0.1) is 13.6 Å². The van der Waals surface area contributed by atoms with Crippen molar-refractivity contribution in [2.24, 2.45) is 0 Å². The van der Waals surface area contributed by atoms with Crippen LogP contribution in [0.2, 0.25) is 0 Å². The van der Waals surface area contributed by atoms with E-state index in [4.69, 9.17) is 0 Å². The van der Waals surface area contributed by atoms with Gasteiger partial charge in [0.15, 0.2) is 0 Å². The Kier molecular flexibility index (Phi) is 5.63. The Morgan fingerprint density at radius 1 is 1.26 bits per heavy atom. The zero-order chi connectivity index (χ0) is 13.8. The zero-order valence-corrected chi connectivity index (χ0v) is 15.0. The van der Waals surface area contributed by atoms with Crippen molar-refractivity contribution in [1.29, 1.82) is 0 Å². The molecule has 1 N–H and O–H groups in total. The van der Waals surface area contributed by atoms with Gasteiger partial charge in [0.2, 0.25) is 0 Å². The third kappa shape index (κ3) is 3.91. The molecule has 0 aliphatic carbocycles. The Morgan fingerprint density at radius 2 is 2.05 bits per heavy atom. The zero-order valence-electron chi connectivity index (χ0n) is 11.0. The van der Waals surface area contributed by atoms with Crippen LogP contribution in [0.1, 0.15) is 36.1 Å². The highest BCUT2D eigenvalue weighted by Crippen LogP contribution is 2.38. The average molecular weight is 403 g/mol. The Bertz CT molecular complexity index is 551. The first-order chi connectivity index (χ1) is 9.11. The lowest BCUT2D eigenvalue weighted by Crippen LogP contribution is -2.23. The smallest absolute Gasteiger partial charge is 0.0761 e. The third-order valence-corrected chi connectivity index (χ3v) is 5.35. The van der Waals surface area contributed by atoms with Crippen LogP contribution in [0, 0.1) is 6.92 Å². The van der Waals surface area contributed by atoms with Gasteiger partial charge in [-0.2, -0.15) is 0 Å². The Morgan fingerprint density at radius 3 is 2.63 bits per heavy atom. The fourth-order valence-electron chi connectivity index (χ4n) is 2.10. The summed E-state index contributed by atoms with van der Waals surface area (Å²) >= 11 is 8.96. The first-order valence-electron chi connectivity index (χ1n) is 6.36. The molecule has 1 heterocycles. The summed E-state index contributed by atoms with van der Waals surface area (Å²) in [5, 5.41) is 3.64. The molecule has 2 rings (SSSR count). The van der Waals surface area contributed by atoms with Crippen LogP contribution in [0.4, 0.5) is 0 Å². The molecule has 1 unspecified atom stereocenters. The Hall–Kier alpha value is -0.160.